The Bertz CT molecular complexity index is 375. The normalized spacial score (nSPS) is 25.3. The smallest absolute Gasteiger partial charge is 0.161 e. The molecule has 1 N–H and O–H groups in total. The van der Waals surface area contributed by atoms with Crippen LogP contribution in [0.15, 0.2) is 6.20 Å². The molecule has 0 radical (unpaired) electrons. The second-order valence-corrected chi connectivity index (χ2v) is 4.90. The summed E-state index contributed by atoms with van der Waals surface area (Å²) < 4.78 is 13.4. The molecule has 1 fully saturated rings. The third-order valence-electron chi connectivity index (χ3n) is 3.79. The van der Waals surface area contributed by atoms with Gasteiger partial charge in [-0.1, -0.05) is 0 Å². The van der Waals surface area contributed by atoms with Crippen LogP contribution < -0.4 is 10.1 Å². The molecule has 0 spiro atoms. The molecule has 0 aromatic carbocycles. The Hall–Kier alpha value is -1.07. The minimum absolute atomic E-state index is 0.0948. The predicted octanol–water partition coefficient (Wildman–Crippen LogP) is 1.74. The molecule has 1 aromatic heterocycles. The number of aryl methyl sites for hydroxylation is 1. The standard InChI is InChI=1S/C13H23N3O2/c1-5-16-11(10(17-4)9-15-16)12(14-3)13(2)7-6-8-18-13/h9,12,14H,5-8H2,1-4H3. The Morgan fingerprint density at radius 3 is 2.94 bits per heavy atom. The van der Waals surface area contributed by atoms with Crippen LogP contribution in [0.4, 0.5) is 0 Å². The van der Waals surface area contributed by atoms with Crippen molar-refractivity contribution in [2.75, 3.05) is 20.8 Å². The first-order valence-electron chi connectivity index (χ1n) is 6.57. The van der Waals surface area contributed by atoms with Crippen LogP contribution in [-0.4, -0.2) is 36.1 Å². The molecule has 2 unspecified atom stereocenters. The highest BCUT2D eigenvalue weighted by molar-refractivity contribution is 5.30. The zero-order valence-corrected chi connectivity index (χ0v) is 11.7. The van der Waals surface area contributed by atoms with Gasteiger partial charge in [0.25, 0.3) is 0 Å². The molecule has 0 bridgehead atoms. The molecule has 1 aliphatic heterocycles. The van der Waals surface area contributed by atoms with E-state index in [9.17, 15) is 0 Å². The summed E-state index contributed by atoms with van der Waals surface area (Å²) in [5, 5.41) is 7.74. The van der Waals surface area contributed by atoms with Crippen LogP contribution in [0.25, 0.3) is 0 Å². The Kier molecular flexibility index (Phi) is 3.92. The summed E-state index contributed by atoms with van der Waals surface area (Å²) in [6.45, 7) is 5.90. The largest absolute Gasteiger partial charge is 0.493 e. The average molecular weight is 253 g/mol. The molecule has 1 aromatic rings. The summed E-state index contributed by atoms with van der Waals surface area (Å²) in [6.07, 6.45) is 3.94. The minimum Gasteiger partial charge on any atom is -0.493 e. The Morgan fingerprint density at radius 2 is 2.44 bits per heavy atom. The van der Waals surface area contributed by atoms with Crippen LogP contribution in [0.2, 0.25) is 0 Å². The molecule has 102 valence electrons. The van der Waals surface area contributed by atoms with Gasteiger partial charge in [-0.05, 0) is 33.7 Å². The van der Waals surface area contributed by atoms with Crippen molar-refractivity contribution >= 4 is 0 Å². The molecule has 2 heterocycles. The highest BCUT2D eigenvalue weighted by Gasteiger charge is 2.41. The minimum atomic E-state index is -0.186. The van der Waals surface area contributed by atoms with Crippen LogP contribution in [0, 0.1) is 0 Å². The van der Waals surface area contributed by atoms with Gasteiger partial charge < -0.3 is 14.8 Å². The summed E-state index contributed by atoms with van der Waals surface area (Å²) in [5.41, 5.74) is 0.890. The predicted molar refractivity (Wildman–Crippen MR) is 69.8 cm³/mol. The lowest BCUT2D eigenvalue weighted by Gasteiger charge is -2.33. The molecule has 1 aliphatic rings. The van der Waals surface area contributed by atoms with Crippen LogP contribution >= 0.6 is 0 Å². The third-order valence-corrected chi connectivity index (χ3v) is 3.79. The number of rotatable bonds is 5. The van der Waals surface area contributed by atoms with Crippen LogP contribution in [0.1, 0.15) is 38.4 Å². The second kappa shape index (κ2) is 5.28. The van der Waals surface area contributed by atoms with Gasteiger partial charge in [-0.15, -0.1) is 0 Å². The number of hydrogen-bond donors (Lipinski definition) is 1. The Labute approximate surface area is 108 Å². The summed E-state index contributed by atoms with van der Waals surface area (Å²) in [7, 11) is 3.65. The maximum Gasteiger partial charge on any atom is 0.161 e. The van der Waals surface area contributed by atoms with Crippen molar-refractivity contribution in [2.24, 2.45) is 0 Å². The SMILES string of the molecule is CCn1ncc(OC)c1C(NC)C1(C)CCCO1. The second-order valence-electron chi connectivity index (χ2n) is 4.90. The molecule has 2 atom stereocenters. The van der Waals surface area contributed by atoms with Crippen molar-refractivity contribution in [1.82, 2.24) is 15.1 Å². The molecule has 0 aliphatic carbocycles. The summed E-state index contributed by atoms with van der Waals surface area (Å²) in [4.78, 5) is 0. The first-order valence-corrected chi connectivity index (χ1v) is 6.57. The van der Waals surface area contributed by atoms with Crippen molar-refractivity contribution in [3.8, 4) is 5.75 Å². The van der Waals surface area contributed by atoms with E-state index in [0.717, 1.165) is 37.4 Å². The number of methoxy groups -OCH3 is 1. The first-order chi connectivity index (χ1) is 8.66. The van der Waals surface area contributed by atoms with Gasteiger partial charge >= 0.3 is 0 Å². The average Bonchev–Trinajstić information content (AvgIpc) is 2.97. The molecule has 0 saturated carbocycles. The molecule has 1 saturated heterocycles. The van der Waals surface area contributed by atoms with E-state index >= 15 is 0 Å². The van der Waals surface area contributed by atoms with Gasteiger partial charge in [0, 0.05) is 13.2 Å². The van der Waals surface area contributed by atoms with Gasteiger partial charge in [0.05, 0.1) is 24.9 Å². The fraction of sp³-hybridized carbons (Fsp3) is 0.769. The number of hydrogen-bond acceptors (Lipinski definition) is 4. The van der Waals surface area contributed by atoms with E-state index < -0.39 is 0 Å². The van der Waals surface area contributed by atoms with Crippen LogP contribution in [-0.2, 0) is 11.3 Å². The maximum atomic E-state index is 5.96. The van der Waals surface area contributed by atoms with Gasteiger partial charge in [-0.3, -0.25) is 4.68 Å². The summed E-state index contributed by atoms with van der Waals surface area (Å²) in [5.74, 6) is 0.827. The van der Waals surface area contributed by atoms with Crippen LogP contribution in [0.5, 0.6) is 5.75 Å². The molecule has 0 amide bonds. The molecule has 2 rings (SSSR count). The Morgan fingerprint density at radius 1 is 1.67 bits per heavy atom. The van der Waals surface area contributed by atoms with Gasteiger partial charge in [0.1, 0.15) is 5.69 Å². The van der Waals surface area contributed by atoms with E-state index in [1.54, 1.807) is 13.3 Å². The maximum absolute atomic E-state index is 5.96. The lowest BCUT2D eigenvalue weighted by Crippen LogP contribution is -2.41. The van der Waals surface area contributed by atoms with Gasteiger partial charge in [0.15, 0.2) is 5.75 Å². The van der Waals surface area contributed by atoms with Crippen molar-refractivity contribution in [3.05, 3.63) is 11.9 Å². The van der Waals surface area contributed by atoms with E-state index in [-0.39, 0.29) is 11.6 Å². The highest BCUT2D eigenvalue weighted by Crippen LogP contribution is 2.40. The topological polar surface area (TPSA) is 48.3 Å². The molecule has 5 nitrogen and oxygen atoms in total. The zero-order valence-electron chi connectivity index (χ0n) is 11.7. The number of nitrogens with zero attached hydrogens (tertiary/aromatic N) is 2. The van der Waals surface area contributed by atoms with E-state index in [1.165, 1.54) is 0 Å². The molecular formula is C13H23N3O2. The Balaban J connectivity index is 2.40. The van der Waals surface area contributed by atoms with E-state index in [0.29, 0.717) is 0 Å². The highest BCUT2D eigenvalue weighted by atomic mass is 16.5. The molecule has 18 heavy (non-hydrogen) atoms. The van der Waals surface area contributed by atoms with Crippen molar-refractivity contribution in [1.29, 1.82) is 0 Å². The fourth-order valence-corrected chi connectivity index (χ4v) is 2.84. The fourth-order valence-electron chi connectivity index (χ4n) is 2.84. The van der Waals surface area contributed by atoms with Crippen LogP contribution in [0.3, 0.4) is 0 Å². The number of likely N-dealkylation sites (N-methyl/N-ethyl adjacent to an activating group) is 1. The third kappa shape index (κ3) is 2.12. The quantitative estimate of drug-likeness (QED) is 0.868. The van der Waals surface area contributed by atoms with Crippen molar-refractivity contribution in [2.45, 2.75) is 44.9 Å². The van der Waals surface area contributed by atoms with Crippen molar-refractivity contribution < 1.29 is 9.47 Å². The molecular weight excluding hydrogens is 230 g/mol. The van der Waals surface area contributed by atoms with Crippen molar-refractivity contribution in [3.63, 3.8) is 0 Å². The van der Waals surface area contributed by atoms with E-state index in [1.807, 2.05) is 11.7 Å². The monoisotopic (exact) mass is 253 g/mol. The van der Waals surface area contributed by atoms with Gasteiger partial charge in [-0.2, -0.15) is 5.10 Å². The number of aromatic nitrogens is 2. The van der Waals surface area contributed by atoms with Gasteiger partial charge in [0.2, 0.25) is 0 Å². The lowest BCUT2D eigenvalue weighted by molar-refractivity contribution is -0.0133. The van der Waals surface area contributed by atoms with E-state index in [2.05, 4.69) is 24.3 Å². The zero-order chi connectivity index (χ0) is 13.2. The lowest BCUT2D eigenvalue weighted by atomic mass is 9.90. The summed E-state index contributed by atoms with van der Waals surface area (Å²) in [6, 6.07) is 0.0948. The molecule has 5 heteroatoms. The number of ether oxygens (including phenoxy) is 2. The first kappa shape index (κ1) is 13.4. The van der Waals surface area contributed by atoms with Gasteiger partial charge in [-0.25, -0.2) is 0 Å². The van der Waals surface area contributed by atoms with E-state index in [4.69, 9.17) is 9.47 Å². The number of nitrogens with one attached hydrogen (secondary N) is 1. The summed E-state index contributed by atoms with van der Waals surface area (Å²) >= 11 is 0.